The van der Waals surface area contributed by atoms with Crippen molar-refractivity contribution in [3.63, 3.8) is 0 Å². The first-order chi connectivity index (χ1) is 11.0. The van der Waals surface area contributed by atoms with Crippen LogP contribution in [0.2, 0.25) is 0 Å². The molecule has 1 aromatic carbocycles. The summed E-state index contributed by atoms with van der Waals surface area (Å²) in [5.41, 5.74) is -0.754. The van der Waals surface area contributed by atoms with Crippen LogP contribution in [0.3, 0.4) is 0 Å². The van der Waals surface area contributed by atoms with E-state index in [1.54, 1.807) is 13.8 Å². The molecule has 1 aromatic rings. The van der Waals surface area contributed by atoms with Crippen LogP contribution in [0.15, 0.2) is 17.2 Å². The van der Waals surface area contributed by atoms with Gasteiger partial charge in [0.2, 0.25) is 0 Å². The molecule has 0 unspecified atom stereocenters. The number of carbonyl (C=O) groups is 1. The topological polar surface area (TPSA) is 62.1 Å². The smallest absolute Gasteiger partial charge is 0.438 e. The second kappa shape index (κ2) is 6.08. The van der Waals surface area contributed by atoms with E-state index in [-0.39, 0.29) is 10.7 Å². The maximum absolute atomic E-state index is 13.1. The summed E-state index contributed by atoms with van der Waals surface area (Å²) < 4.78 is 44.7. The monoisotopic (exact) mass is 344 g/mol. The van der Waals surface area contributed by atoms with E-state index in [1.807, 2.05) is 19.1 Å². The summed E-state index contributed by atoms with van der Waals surface area (Å²) in [7, 11) is 0. The Morgan fingerprint density at radius 3 is 2.33 bits per heavy atom. The number of hydrogen-bond acceptors (Lipinski definition) is 4. The predicted molar refractivity (Wildman–Crippen MR) is 81.7 cm³/mol. The number of hydrogen-bond donors (Lipinski definition) is 1. The molecule has 0 fully saturated rings. The van der Waals surface area contributed by atoms with Gasteiger partial charge >= 0.3 is 6.18 Å². The number of ether oxygens (including phenoxy) is 1. The third-order valence-corrected chi connectivity index (χ3v) is 3.76. The molecule has 0 spiro atoms. The largest absolute Gasteiger partial charge is 0.483 e. The van der Waals surface area contributed by atoms with Gasteiger partial charge in [-0.05, 0) is 38.8 Å². The van der Waals surface area contributed by atoms with Crippen LogP contribution in [0.4, 0.5) is 13.2 Å². The van der Waals surface area contributed by atoms with Crippen molar-refractivity contribution in [1.82, 2.24) is 5.01 Å². The number of aliphatic hydroxyl groups is 1. The molecule has 1 atom stereocenters. The van der Waals surface area contributed by atoms with Gasteiger partial charge in [0.15, 0.2) is 6.61 Å². The van der Waals surface area contributed by atoms with E-state index in [9.17, 15) is 23.1 Å². The number of carbonyl (C=O) groups excluding carboxylic acids is 1. The highest BCUT2D eigenvalue weighted by molar-refractivity contribution is 5.89. The molecule has 2 rings (SSSR count). The van der Waals surface area contributed by atoms with Gasteiger partial charge in [0.25, 0.3) is 11.6 Å². The van der Waals surface area contributed by atoms with E-state index in [1.165, 1.54) is 6.92 Å². The lowest BCUT2D eigenvalue weighted by Gasteiger charge is -2.32. The first-order valence-corrected chi connectivity index (χ1v) is 7.32. The van der Waals surface area contributed by atoms with Gasteiger partial charge in [0.05, 0.1) is 0 Å². The van der Waals surface area contributed by atoms with E-state index in [2.05, 4.69) is 5.10 Å². The molecule has 1 aliphatic rings. The fraction of sp³-hybridized carbons (Fsp3) is 0.500. The van der Waals surface area contributed by atoms with Crippen LogP contribution >= 0.6 is 0 Å². The first kappa shape index (κ1) is 18.3. The van der Waals surface area contributed by atoms with Crippen molar-refractivity contribution in [2.75, 3.05) is 6.61 Å². The minimum atomic E-state index is -5.01. The number of amides is 1. The molecule has 0 radical (unpaired) electrons. The Morgan fingerprint density at radius 1 is 1.29 bits per heavy atom. The van der Waals surface area contributed by atoms with Crippen molar-refractivity contribution < 1.29 is 27.8 Å². The summed E-state index contributed by atoms with van der Waals surface area (Å²) >= 11 is 0. The zero-order chi connectivity index (χ0) is 18.3. The summed E-state index contributed by atoms with van der Waals surface area (Å²) in [4.78, 5) is 12.1. The van der Waals surface area contributed by atoms with Crippen LogP contribution in [0, 0.1) is 20.8 Å². The van der Waals surface area contributed by atoms with Gasteiger partial charge in [-0.25, -0.2) is 0 Å². The first-order valence-electron chi connectivity index (χ1n) is 7.32. The summed E-state index contributed by atoms with van der Waals surface area (Å²) in [6.45, 7) is 6.13. The Hall–Kier alpha value is -2.09. The third-order valence-electron chi connectivity index (χ3n) is 3.76. The highest BCUT2D eigenvalue weighted by atomic mass is 19.4. The lowest BCUT2D eigenvalue weighted by atomic mass is 10.1. The van der Waals surface area contributed by atoms with E-state index in [4.69, 9.17) is 4.74 Å². The SMILES string of the molecule is CC1=NN(C(=O)COc2c(C)cc(C)cc2C)[C@@](O)(C(F)(F)F)C1. The second-order valence-electron chi connectivity index (χ2n) is 6.05. The fourth-order valence-electron chi connectivity index (χ4n) is 2.79. The zero-order valence-electron chi connectivity index (χ0n) is 13.9. The van der Waals surface area contributed by atoms with Gasteiger partial charge in [0, 0.05) is 12.1 Å². The highest BCUT2D eigenvalue weighted by Crippen LogP contribution is 2.40. The maximum Gasteiger partial charge on any atom is 0.438 e. The molecule has 5 nitrogen and oxygen atoms in total. The van der Waals surface area contributed by atoms with Crippen LogP contribution in [-0.2, 0) is 4.79 Å². The lowest BCUT2D eigenvalue weighted by molar-refractivity contribution is -0.302. The molecule has 132 valence electrons. The normalized spacial score (nSPS) is 21.0. The molecule has 0 saturated heterocycles. The summed E-state index contributed by atoms with van der Waals surface area (Å²) in [6.07, 6.45) is -5.79. The molecule has 8 heteroatoms. The number of rotatable bonds is 3. The molecule has 0 aromatic heterocycles. The maximum atomic E-state index is 13.1. The van der Waals surface area contributed by atoms with Crippen LogP contribution in [0.25, 0.3) is 0 Å². The van der Waals surface area contributed by atoms with Crippen molar-refractivity contribution in [1.29, 1.82) is 0 Å². The molecule has 0 saturated carbocycles. The quantitative estimate of drug-likeness (QED) is 0.917. The van der Waals surface area contributed by atoms with Gasteiger partial charge < -0.3 is 9.84 Å². The number of nitrogens with zero attached hydrogens (tertiary/aromatic N) is 2. The average molecular weight is 344 g/mol. The molecule has 24 heavy (non-hydrogen) atoms. The standard InChI is InChI=1S/C16H19F3N2O3/c1-9-5-10(2)14(11(3)6-9)24-8-13(22)21-15(23,16(17,18)19)7-12(4)20-21/h5-6,23H,7-8H2,1-4H3/t15-/m0/s1. The molecule has 1 N–H and O–H groups in total. The second-order valence-corrected chi connectivity index (χ2v) is 6.05. The number of halogens is 3. The van der Waals surface area contributed by atoms with Crippen molar-refractivity contribution in [2.45, 2.75) is 46.0 Å². The Kier molecular flexibility index (Phi) is 4.63. The number of hydrazone groups is 1. The Morgan fingerprint density at radius 2 is 1.83 bits per heavy atom. The van der Waals surface area contributed by atoms with E-state index in [0.29, 0.717) is 5.75 Å². The lowest BCUT2D eigenvalue weighted by Crippen LogP contribution is -2.57. The van der Waals surface area contributed by atoms with Crippen molar-refractivity contribution in [3.05, 3.63) is 28.8 Å². The van der Waals surface area contributed by atoms with Gasteiger partial charge in [-0.1, -0.05) is 17.7 Å². The summed E-state index contributed by atoms with van der Waals surface area (Å²) in [6, 6.07) is 3.69. The Labute approximate surface area is 137 Å². The van der Waals surface area contributed by atoms with Crippen LogP contribution < -0.4 is 4.74 Å². The zero-order valence-corrected chi connectivity index (χ0v) is 13.9. The van der Waals surface area contributed by atoms with E-state index >= 15 is 0 Å². The van der Waals surface area contributed by atoms with Gasteiger partial charge in [0.1, 0.15) is 5.75 Å². The van der Waals surface area contributed by atoms with E-state index < -0.39 is 30.8 Å². The minimum absolute atomic E-state index is 0.0193. The Bertz CT molecular complexity index is 677. The molecule has 1 aliphatic heterocycles. The van der Waals surface area contributed by atoms with Crippen LogP contribution in [0.1, 0.15) is 30.0 Å². The molecule has 1 heterocycles. The molecule has 1 amide bonds. The molecular formula is C16H19F3N2O3. The average Bonchev–Trinajstić information content (AvgIpc) is 2.73. The number of benzene rings is 1. The van der Waals surface area contributed by atoms with Crippen molar-refractivity contribution in [3.8, 4) is 5.75 Å². The summed E-state index contributed by atoms with van der Waals surface area (Å²) in [5.74, 6) is -0.629. The highest BCUT2D eigenvalue weighted by Gasteiger charge is 2.62. The van der Waals surface area contributed by atoms with Crippen LogP contribution in [-0.4, -0.2) is 40.2 Å². The van der Waals surface area contributed by atoms with Gasteiger partial charge in [-0.15, -0.1) is 0 Å². The fourth-order valence-corrected chi connectivity index (χ4v) is 2.79. The van der Waals surface area contributed by atoms with Crippen LogP contribution in [0.5, 0.6) is 5.75 Å². The van der Waals surface area contributed by atoms with Crippen molar-refractivity contribution >= 4 is 11.6 Å². The summed E-state index contributed by atoms with van der Waals surface area (Å²) in [5, 5.41) is 13.5. The van der Waals surface area contributed by atoms with Crippen molar-refractivity contribution in [2.24, 2.45) is 5.10 Å². The van der Waals surface area contributed by atoms with E-state index in [0.717, 1.165) is 16.7 Å². The minimum Gasteiger partial charge on any atom is -0.483 e. The Balaban J connectivity index is 2.18. The molecular weight excluding hydrogens is 325 g/mol. The van der Waals surface area contributed by atoms with Gasteiger partial charge in [-0.3, -0.25) is 4.79 Å². The molecule has 0 bridgehead atoms. The molecule has 0 aliphatic carbocycles. The third kappa shape index (κ3) is 3.24. The predicted octanol–water partition coefficient (Wildman–Crippen LogP) is 2.85. The number of aryl methyl sites for hydroxylation is 3. The number of alkyl halides is 3. The van der Waals surface area contributed by atoms with Gasteiger partial charge in [-0.2, -0.15) is 23.3 Å².